The largest absolute Gasteiger partial charge is 0.495 e. The summed E-state index contributed by atoms with van der Waals surface area (Å²) in [4.78, 5) is 37.9. The predicted molar refractivity (Wildman–Crippen MR) is 92.4 cm³/mol. The summed E-state index contributed by atoms with van der Waals surface area (Å²) in [5.74, 6) is -1.09. The Kier molecular flexibility index (Phi) is 6.01. The number of nitrogens with one attached hydrogen (secondary N) is 1. The zero-order chi connectivity index (χ0) is 18.6. The molecular weight excluding hydrogens is 324 g/mol. The van der Waals surface area contributed by atoms with E-state index in [9.17, 15) is 14.4 Å². The van der Waals surface area contributed by atoms with E-state index >= 15 is 0 Å². The van der Waals surface area contributed by atoms with Gasteiger partial charge in [0.2, 0.25) is 5.91 Å². The molecule has 136 valence electrons. The SMILES string of the molecule is CCNC(=O)[C@H](C)OC(=O)[C@H]1CC(=O)N(c2cc(C)ccc2OC)C1. The monoisotopic (exact) mass is 348 g/mol. The Labute approximate surface area is 147 Å². The van der Waals surface area contributed by atoms with E-state index < -0.39 is 18.0 Å². The summed E-state index contributed by atoms with van der Waals surface area (Å²) in [6.45, 7) is 5.89. The first kappa shape index (κ1) is 18.8. The Balaban J connectivity index is 2.08. The third-order valence-corrected chi connectivity index (χ3v) is 4.10. The maximum Gasteiger partial charge on any atom is 0.312 e. The van der Waals surface area contributed by atoms with E-state index in [1.807, 2.05) is 19.1 Å². The number of rotatable bonds is 6. The van der Waals surface area contributed by atoms with Gasteiger partial charge in [-0.25, -0.2) is 0 Å². The highest BCUT2D eigenvalue weighted by Crippen LogP contribution is 2.34. The minimum absolute atomic E-state index is 0.0536. The Morgan fingerprint density at radius 1 is 1.40 bits per heavy atom. The van der Waals surface area contributed by atoms with Crippen molar-refractivity contribution in [2.24, 2.45) is 5.92 Å². The average Bonchev–Trinajstić information content (AvgIpc) is 2.96. The van der Waals surface area contributed by atoms with Crippen molar-refractivity contribution in [1.82, 2.24) is 5.32 Å². The summed E-state index contributed by atoms with van der Waals surface area (Å²) < 4.78 is 10.5. The zero-order valence-corrected chi connectivity index (χ0v) is 15.0. The summed E-state index contributed by atoms with van der Waals surface area (Å²) in [7, 11) is 1.54. The average molecular weight is 348 g/mol. The first-order valence-corrected chi connectivity index (χ1v) is 8.30. The number of anilines is 1. The van der Waals surface area contributed by atoms with E-state index in [1.54, 1.807) is 13.0 Å². The number of carbonyl (C=O) groups is 3. The van der Waals surface area contributed by atoms with Crippen LogP contribution in [-0.4, -0.2) is 44.1 Å². The van der Waals surface area contributed by atoms with E-state index in [-0.39, 0.29) is 24.8 Å². The summed E-state index contributed by atoms with van der Waals surface area (Å²) in [5, 5.41) is 2.60. The van der Waals surface area contributed by atoms with E-state index in [0.717, 1.165) is 5.56 Å². The van der Waals surface area contributed by atoms with Crippen LogP contribution in [0.3, 0.4) is 0 Å². The summed E-state index contributed by atoms with van der Waals surface area (Å²) >= 11 is 0. The van der Waals surface area contributed by atoms with E-state index in [2.05, 4.69) is 5.32 Å². The first-order chi connectivity index (χ1) is 11.9. The van der Waals surface area contributed by atoms with Gasteiger partial charge in [-0.2, -0.15) is 0 Å². The molecule has 1 aromatic rings. The van der Waals surface area contributed by atoms with Crippen LogP contribution in [0.15, 0.2) is 18.2 Å². The molecule has 1 aromatic carbocycles. The van der Waals surface area contributed by atoms with Crippen LogP contribution < -0.4 is 15.0 Å². The molecule has 1 fully saturated rings. The Morgan fingerprint density at radius 2 is 2.12 bits per heavy atom. The molecule has 0 unspecified atom stereocenters. The van der Waals surface area contributed by atoms with Gasteiger partial charge in [0.25, 0.3) is 5.91 Å². The number of esters is 1. The maximum absolute atomic E-state index is 12.4. The topological polar surface area (TPSA) is 84.9 Å². The molecule has 0 saturated carbocycles. The number of aryl methyl sites for hydroxylation is 1. The first-order valence-electron chi connectivity index (χ1n) is 8.30. The Bertz CT molecular complexity index is 673. The number of hydrogen-bond donors (Lipinski definition) is 1. The van der Waals surface area contributed by atoms with Gasteiger partial charge in [0.1, 0.15) is 5.75 Å². The number of hydrogen-bond acceptors (Lipinski definition) is 5. The van der Waals surface area contributed by atoms with E-state index in [4.69, 9.17) is 9.47 Å². The van der Waals surface area contributed by atoms with Crippen LogP contribution in [0.5, 0.6) is 5.75 Å². The van der Waals surface area contributed by atoms with Gasteiger partial charge in [0.05, 0.1) is 18.7 Å². The fourth-order valence-electron chi connectivity index (χ4n) is 2.75. The second-order valence-corrected chi connectivity index (χ2v) is 6.05. The number of nitrogens with zero attached hydrogens (tertiary/aromatic N) is 1. The minimum Gasteiger partial charge on any atom is -0.495 e. The number of likely N-dealkylation sites (N-methyl/N-ethyl adjacent to an activating group) is 1. The maximum atomic E-state index is 12.4. The van der Waals surface area contributed by atoms with Gasteiger partial charge < -0.3 is 19.7 Å². The smallest absolute Gasteiger partial charge is 0.312 e. The quantitative estimate of drug-likeness (QED) is 0.786. The number of carbonyl (C=O) groups excluding carboxylic acids is 3. The lowest BCUT2D eigenvalue weighted by Crippen LogP contribution is -2.37. The van der Waals surface area contributed by atoms with Crippen LogP contribution in [0.4, 0.5) is 5.69 Å². The molecule has 1 aliphatic heterocycles. The molecule has 7 heteroatoms. The van der Waals surface area contributed by atoms with Gasteiger partial charge in [0, 0.05) is 19.5 Å². The van der Waals surface area contributed by atoms with Crippen LogP contribution >= 0.6 is 0 Å². The molecule has 1 aliphatic rings. The normalized spacial score (nSPS) is 18.0. The number of methoxy groups -OCH3 is 1. The molecule has 1 heterocycles. The van der Waals surface area contributed by atoms with Crippen molar-refractivity contribution in [3.63, 3.8) is 0 Å². The highest BCUT2D eigenvalue weighted by molar-refractivity contribution is 6.00. The second kappa shape index (κ2) is 8.00. The lowest BCUT2D eigenvalue weighted by Gasteiger charge is -2.20. The molecule has 7 nitrogen and oxygen atoms in total. The summed E-state index contributed by atoms with van der Waals surface area (Å²) in [5.41, 5.74) is 1.62. The van der Waals surface area contributed by atoms with Crippen LogP contribution in [0, 0.1) is 12.8 Å². The summed E-state index contributed by atoms with van der Waals surface area (Å²) in [6.07, 6.45) is -0.831. The third kappa shape index (κ3) is 4.29. The molecule has 0 bridgehead atoms. The van der Waals surface area contributed by atoms with Gasteiger partial charge >= 0.3 is 5.97 Å². The molecule has 0 aromatic heterocycles. The number of amides is 2. The van der Waals surface area contributed by atoms with Crippen LogP contribution in [0.1, 0.15) is 25.8 Å². The molecule has 0 radical (unpaired) electrons. The minimum atomic E-state index is -0.884. The molecule has 0 aliphatic carbocycles. The van der Waals surface area contributed by atoms with Crippen molar-refractivity contribution in [2.45, 2.75) is 33.3 Å². The van der Waals surface area contributed by atoms with Crippen molar-refractivity contribution in [1.29, 1.82) is 0 Å². The fraction of sp³-hybridized carbons (Fsp3) is 0.500. The van der Waals surface area contributed by atoms with Crippen LogP contribution in [0.2, 0.25) is 0 Å². The predicted octanol–water partition coefficient (Wildman–Crippen LogP) is 1.42. The van der Waals surface area contributed by atoms with Gasteiger partial charge in [-0.05, 0) is 38.5 Å². The van der Waals surface area contributed by atoms with Crippen LogP contribution in [-0.2, 0) is 19.1 Å². The van der Waals surface area contributed by atoms with Gasteiger partial charge in [-0.3, -0.25) is 14.4 Å². The standard InChI is InChI=1S/C18H24N2O5/c1-5-19-17(22)12(3)25-18(23)13-9-16(21)20(10-13)14-8-11(2)6-7-15(14)24-4/h6-8,12-13H,5,9-10H2,1-4H3,(H,19,22)/t12-,13-/m0/s1. The van der Waals surface area contributed by atoms with Crippen molar-refractivity contribution in [3.05, 3.63) is 23.8 Å². The summed E-state index contributed by atoms with van der Waals surface area (Å²) in [6, 6.07) is 5.53. The molecule has 2 rings (SSSR count). The molecular formula is C18H24N2O5. The zero-order valence-electron chi connectivity index (χ0n) is 15.0. The molecule has 2 amide bonds. The molecule has 25 heavy (non-hydrogen) atoms. The van der Waals surface area contributed by atoms with Gasteiger partial charge in [0.15, 0.2) is 6.10 Å². The second-order valence-electron chi connectivity index (χ2n) is 6.05. The molecule has 2 atom stereocenters. The lowest BCUT2D eigenvalue weighted by atomic mass is 10.1. The van der Waals surface area contributed by atoms with Crippen molar-refractivity contribution in [3.8, 4) is 5.75 Å². The molecule has 1 N–H and O–H groups in total. The Morgan fingerprint density at radius 3 is 2.76 bits per heavy atom. The van der Waals surface area contributed by atoms with Crippen molar-refractivity contribution < 1.29 is 23.9 Å². The fourth-order valence-corrected chi connectivity index (χ4v) is 2.75. The van der Waals surface area contributed by atoms with Crippen molar-refractivity contribution >= 4 is 23.5 Å². The van der Waals surface area contributed by atoms with E-state index in [0.29, 0.717) is 18.0 Å². The molecule has 1 saturated heterocycles. The number of ether oxygens (including phenoxy) is 2. The van der Waals surface area contributed by atoms with Gasteiger partial charge in [-0.15, -0.1) is 0 Å². The highest BCUT2D eigenvalue weighted by Gasteiger charge is 2.38. The van der Waals surface area contributed by atoms with E-state index in [1.165, 1.54) is 18.9 Å². The molecule has 0 spiro atoms. The van der Waals surface area contributed by atoms with Crippen molar-refractivity contribution in [2.75, 3.05) is 25.1 Å². The third-order valence-electron chi connectivity index (χ3n) is 4.10. The number of benzene rings is 1. The lowest BCUT2D eigenvalue weighted by molar-refractivity contribution is -0.158. The Hall–Kier alpha value is -2.57. The van der Waals surface area contributed by atoms with Gasteiger partial charge in [-0.1, -0.05) is 6.07 Å². The van der Waals surface area contributed by atoms with Crippen LogP contribution in [0.25, 0.3) is 0 Å². The highest BCUT2D eigenvalue weighted by atomic mass is 16.5.